The molecule has 0 amide bonds. The van der Waals surface area contributed by atoms with Gasteiger partial charge in [0.15, 0.2) is 0 Å². The van der Waals surface area contributed by atoms with Gasteiger partial charge in [-0.25, -0.2) is 0 Å². The van der Waals surface area contributed by atoms with Gasteiger partial charge in [-0.1, -0.05) is 0 Å². The van der Waals surface area contributed by atoms with Crippen LogP contribution in [-0.2, 0) is 18.3 Å². The average molecular weight is 169 g/mol. The van der Waals surface area contributed by atoms with Crippen molar-refractivity contribution in [3.8, 4) is 0 Å². The van der Waals surface area contributed by atoms with E-state index in [1.165, 1.54) is 0 Å². The summed E-state index contributed by atoms with van der Waals surface area (Å²) in [6, 6.07) is 0.892. The summed E-state index contributed by atoms with van der Waals surface area (Å²) in [5.41, 5.74) is 6.01. The summed E-state index contributed by atoms with van der Waals surface area (Å²) in [5.74, 6) is -0.999. The SMILES string of the molecule is Cn1ccc(C[C@@H](N)C(=O)O)n1. The van der Waals surface area contributed by atoms with Gasteiger partial charge in [0.25, 0.3) is 0 Å². The van der Waals surface area contributed by atoms with Crippen molar-refractivity contribution in [3.63, 3.8) is 0 Å². The Hall–Kier alpha value is -1.36. The first-order valence-electron chi connectivity index (χ1n) is 3.56. The molecule has 5 heteroatoms. The zero-order chi connectivity index (χ0) is 9.14. The van der Waals surface area contributed by atoms with Gasteiger partial charge >= 0.3 is 5.97 Å². The van der Waals surface area contributed by atoms with Crippen LogP contribution < -0.4 is 5.73 Å². The van der Waals surface area contributed by atoms with Gasteiger partial charge < -0.3 is 10.8 Å². The maximum Gasteiger partial charge on any atom is 0.320 e. The number of hydrogen-bond acceptors (Lipinski definition) is 3. The van der Waals surface area contributed by atoms with Gasteiger partial charge in [-0.05, 0) is 6.07 Å². The number of aryl methyl sites for hydroxylation is 1. The summed E-state index contributed by atoms with van der Waals surface area (Å²) in [5, 5.41) is 12.5. The van der Waals surface area contributed by atoms with Crippen molar-refractivity contribution < 1.29 is 9.90 Å². The van der Waals surface area contributed by atoms with Crippen LogP contribution in [0.15, 0.2) is 12.3 Å². The van der Waals surface area contributed by atoms with Crippen molar-refractivity contribution in [2.24, 2.45) is 12.8 Å². The molecule has 12 heavy (non-hydrogen) atoms. The van der Waals surface area contributed by atoms with E-state index in [4.69, 9.17) is 10.8 Å². The molecule has 1 heterocycles. The summed E-state index contributed by atoms with van der Waals surface area (Å²) in [4.78, 5) is 10.4. The van der Waals surface area contributed by atoms with E-state index in [2.05, 4.69) is 5.10 Å². The van der Waals surface area contributed by atoms with Crippen LogP contribution in [0.3, 0.4) is 0 Å². The lowest BCUT2D eigenvalue weighted by Gasteiger charge is -2.01. The molecular weight excluding hydrogens is 158 g/mol. The molecule has 0 aliphatic heterocycles. The molecule has 0 saturated carbocycles. The van der Waals surface area contributed by atoms with E-state index in [1.54, 1.807) is 24.0 Å². The highest BCUT2D eigenvalue weighted by Crippen LogP contribution is 1.97. The van der Waals surface area contributed by atoms with Crippen LogP contribution in [0.2, 0.25) is 0 Å². The Bertz CT molecular complexity index is 282. The number of nitrogens with two attached hydrogens (primary N) is 1. The molecule has 1 atom stereocenters. The minimum Gasteiger partial charge on any atom is -0.480 e. The summed E-state index contributed by atoms with van der Waals surface area (Å²) >= 11 is 0. The first-order chi connectivity index (χ1) is 5.59. The fourth-order valence-corrected chi connectivity index (χ4v) is 0.885. The van der Waals surface area contributed by atoms with Gasteiger partial charge in [0, 0.05) is 19.7 Å². The Labute approximate surface area is 69.8 Å². The molecule has 0 bridgehead atoms. The second-order valence-corrected chi connectivity index (χ2v) is 2.63. The first-order valence-corrected chi connectivity index (χ1v) is 3.56. The van der Waals surface area contributed by atoms with Gasteiger partial charge in [0.2, 0.25) is 0 Å². The molecule has 0 aliphatic carbocycles. The number of carboxylic acids is 1. The Kier molecular flexibility index (Phi) is 2.44. The summed E-state index contributed by atoms with van der Waals surface area (Å²) in [6.07, 6.45) is 2.03. The fourth-order valence-electron chi connectivity index (χ4n) is 0.885. The van der Waals surface area contributed by atoms with Crippen LogP contribution in [-0.4, -0.2) is 26.9 Å². The van der Waals surface area contributed by atoms with Gasteiger partial charge in [-0.15, -0.1) is 0 Å². The predicted molar refractivity (Wildman–Crippen MR) is 42.5 cm³/mol. The van der Waals surface area contributed by atoms with Crippen LogP contribution in [0.25, 0.3) is 0 Å². The number of hydrogen-bond donors (Lipinski definition) is 2. The minimum absolute atomic E-state index is 0.274. The molecule has 1 rings (SSSR count). The van der Waals surface area contributed by atoms with Crippen molar-refractivity contribution in [3.05, 3.63) is 18.0 Å². The number of carboxylic acid groups (broad SMARTS) is 1. The molecule has 1 aromatic rings. The van der Waals surface area contributed by atoms with Crippen LogP contribution in [0.1, 0.15) is 5.69 Å². The monoisotopic (exact) mass is 169 g/mol. The van der Waals surface area contributed by atoms with Crippen molar-refractivity contribution in [2.45, 2.75) is 12.5 Å². The lowest BCUT2D eigenvalue weighted by molar-refractivity contribution is -0.138. The van der Waals surface area contributed by atoms with Crippen molar-refractivity contribution in [1.29, 1.82) is 0 Å². The molecule has 0 unspecified atom stereocenters. The highest BCUT2D eigenvalue weighted by Gasteiger charge is 2.12. The van der Waals surface area contributed by atoms with Crippen LogP contribution in [0, 0.1) is 0 Å². The molecule has 0 aromatic carbocycles. The largest absolute Gasteiger partial charge is 0.480 e. The zero-order valence-corrected chi connectivity index (χ0v) is 6.77. The summed E-state index contributed by atoms with van der Waals surface area (Å²) in [7, 11) is 1.77. The summed E-state index contributed by atoms with van der Waals surface area (Å²) in [6.45, 7) is 0. The van der Waals surface area contributed by atoms with Crippen molar-refractivity contribution in [2.75, 3.05) is 0 Å². The molecule has 0 saturated heterocycles. The predicted octanol–water partition coefficient (Wildman–Crippen LogP) is -0.626. The van der Waals surface area contributed by atoms with Gasteiger partial charge in [-0.3, -0.25) is 9.48 Å². The highest BCUT2D eigenvalue weighted by atomic mass is 16.4. The molecule has 3 N–H and O–H groups in total. The van der Waals surface area contributed by atoms with Crippen molar-refractivity contribution >= 4 is 5.97 Å². The van der Waals surface area contributed by atoms with Crippen LogP contribution in [0.5, 0.6) is 0 Å². The Morgan fingerprint density at radius 2 is 2.58 bits per heavy atom. The molecule has 5 nitrogen and oxygen atoms in total. The topological polar surface area (TPSA) is 81.1 Å². The molecule has 0 fully saturated rings. The first kappa shape index (κ1) is 8.73. The van der Waals surface area contributed by atoms with Crippen molar-refractivity contribution in [1.82, 2.24) is 9.78 Å². The Balaban J connectivity index is 2.58. The molecule has 0 radical (unpaired) electrons. The third kappa shape index (κ3) is 2.06. The quantitative estimate of drug-likeness (QED) is 0.631. The summed E-state index contributed by atoms with van der Waals surface area (Å²) < 4.78 is 1.61. The van der Waals surface area contributed by atoms with Gasteiger partial charge in [0.1, 0.15) is 6.04 Å². The maximum absolute atomic E-state index is 10.4. The molecule has 1 aromatic heterocycles. The van der Waals surface area contributed by atoms with E-state index in [-0.39, 0.29) is 6.42 Å². The second-order valence-electron chi connectivity index (χ2n) is 2.63. The standard InChI is InChI=1S/C7H11N3O2/c1-10-3-2-5(9-10)4-6(8)7(11)12/h2-3,6H,4,8H2,1H3,(H,11,12)/t6-/m1/s1. The number of aliphatic carboxylic acids is 1. The van der Waals surface area contributed by atoms with E-state index in [9.17, 15) is 4.79 Å². The minimum atomic E-state index is -0.999. The molecular formula is C7H11N3O2. The maximum atomic E-state index is 10.4. The fraction of sp³-hybridized carbons (Fsp3) is 0.429. The normalized spacial score (nSPS) is 12.8. The van der Waals surface area contributed by atoms with Gasteiger partial charge in [0.05, 0.1) is 5.69 Å². The lowest BCUT2D eigenvalue weighted by Crippen LogP contribution is -2.32. The third-order valence-electron chi connectivity index (χ3n) is 1.52. The third-order valence-corrected chi connectivity index (χ3v) is 1.52. The van der Waals surface area contributed by atoms with Gasteiger partial charge in [-0.2, -0.15) is 5.10 Å². The van der Waals surface area contributed by atoms with E-state index < -0.39 is 12.0 Å². The lowest BCUT2D eigenvalue weighted by atomic mass is 10.2. The average Bonchev–Trinajstić information content (AvgIpc) is 2.35. The van der Waals surface area contributed by atoms with Crippen LogP contribution >= 0.6 is 0 Å². The molecule has 0 aliphatic rings. The highest BCUT2D eigenvalue weighted by molar-refractivity contribution is 5.73. The number of carbonyl (C=O) groups is 1. The molecule has 66 valence electrons. The Morgan fingerprint density at radius 1 is 1.92 bits per heavy atom. The number of aromatic nitrogens is 2. The van der Waals surface area contributed by atoms with Crippen LogP contribution in [0.4, 0.5) is 0 Å². The number of nitrogens with zero attached hydrogens (tertiary/aromatic N) is 2. The van der Waals surface area contributed by atoms with E-state index in [0.29, 0.717) is 5.69 Å². The second kappa shape index (κ2) is 3.36. The molecule has 0 spiro atoms. The van der Waals surface area contributed by atoms with E-state index >= 15 is 0 Å². The Morgan fingerprint density at radius 3 is 3.00 bits per heavy atom. The van der Waals surface area contributed by atoms with E-state index in [0.717, 1.165) is 0 Å². The van der Waals surface area contributed by atoms with E-state index in [1.807, 2.05) is 0 Å². The smallest absolute Gasteiger partial charge is 0.320 e. The number of rotatable bonds is 3. The zero-order valence-electron chi connectivity index (χ0n) is 6.77.